The third-order valence-electron chi connectivity index (χ3n) is 4.41. The zero-order chi connectivity index (χ0) is 21.7. The van der Waals surface area contributed by atoms with Crippen LogP contribution in [0.4, 0.5) is 24.7 Å². The lowest BCUT2D eigenvalue weighted by Gasteiger charge is -2.15. The van der Waals surface area contributed by atoms with Crippen LogP contribution in [0.3, 0.4) is 0 Å². The van der Waals surface area contributed by atoms with Crippen LogP contribution in [-0.2, 0) is 19.1 Å². The van der Waals surface area contributed by atoms with E-state index in [2.05, 4.69) is 20.6 Å². The minimum Gasteiger partial charge on any atom is -0.365 e. The molecule has 1 amide bonds. The molecule has 0 saturated carbocycles. The number of halogens is 3. The number of carbonyl (C=O) groups is 1. The third-order valence-corrected chi connectivity index (χ3v) is 4.41. The van der Waals surface area contributed by atoms with Crippen LogP contribution in [0.15, 0.2) is 59.7 Å². The number of aryl methyl sites for hydroxylation is 1. The Bertz CT molecular complexity index is 1090. The molecule has 0 fully saturated rings. The summed E-state index contributed by atoms with van der Waals surface area (Å²) in [6, 6.07) is 9.81. The third kappa shape index (κ3) is 5.05. The van der Waals surface area contributed by atoms with E-state index < -0.39 is 17.6 Å². The molecule has 9 heteroatoms. The zero-order valence-corrected chi connectivity index (χ0v) is 16.0. The van der Waals surface area contributed by atoms with Crippen molar-refractivity contribution in [1.82, 2.24) is 9.97 Å². The van der Waals surface area contributed by atoms with Crippen molar-refractivity contribution in [2.45, 2.75) is 26.1 Å². The normalized spacial score (nSPS) is 11.2. The van der Waals surface area contributed by atoms with E-state index in [4.69, 9.17) is 0 Å². The number of amides is 1. The van der Waals surface area contributed by atoms with Crippen LogP contribution >= 0.6 is 0 Å². The number of carbonyl (C=O) groups excluding carboxylic acids is 1. The van der Waals surface area contributed by atoms with Crippen LogP contribution in [-0.4, -0.2) is 15.9 Å². The summed E-state index contributed by atoms with van der Waals surface area (Å²) in [7, 11) is 0. The number of hydrogen-bond donors (Lipinski definition) is 3. The monoisotopic (exact) mass is 416 g/mol. The molecule has 0 bridgehead atoms. The van der Waals surface area contributed by atoms with Crippen molar-refractivity contribution >= 4 is 17.4 Å². The van der Waals surface area contributed by atoms with E-state index in [9.17, 15) is 22.8 Å². The fraction of sp³-hybridized carbons (Fsp3) is 0.190. The summed E-state index contributed by atoms with van der Waals surface area (Å²) in [5.74, 6) is -0.327. The van der Waals surface area contributed by atoms with E-state index in [1.165, 1.54) is 36.7 Å². The molecule has 0 aliphatic rings. The molecule has 0 spiro atoms. The number of benzene rings is 1. The van der Waals surface area contributed by atoms with Crippen LogP contribution in [0.2, 0.25) is 0 Å². The number of aromatic nitrogens is 2. The smallest absolute Gasteiger partial charge is 0.365 e. The Labute approximate surface area is 170 Å². The largest absolute Gasteiger partial charge is 0.416 e. The van der Waals surface area contributed by atoms with Gasteiger partial charge in [-0.1, -0.05) is 19.1 Å². The molecule has 30 heavy (non-hydrogen) atoms. The number of H-pyrrole nitrogens is 1. The standard InChI is InChI=1S/C21H19F3N4O2/c1-2-14-6-7-15(10-17(14)21(22,23)24)28-20(30)16-4-3-9-25-19(16)27-12-13-5-8-18(29)26-11-13/h3-11H,2,12H2,1H3,(H,25,27)(H,26,29)(H,28,30). The molecular weight excluding hydrogens is 397 g/mol. The maximum absolute atomic E-state index is 13.3. The van der Waals surface area contributed by atoms with Gasteiger partial charge in [0.25, 0.3) is 5.91 Å². The second-order valence-electron chi connectivity index (χ2n) is 6.49. The van der Waals surface area contributed by atoms with Crippen LogP contribution < -0.4 is 16.2 Å². The van der Waals surface area contributed by atoms with E-state index in [1.54, 1.807) is 19.1 Å². The first-order chi connectivity index (χ1) is 14.3. The van der Waals surface area contributed by atoms with E-state index in [-0.39, 0.29) is 41.2 Å². The summed E-state index contributed by atoms with van der Waals surface area (Å²) in [6.45, 7) is 1.93. The maximum Gasteiger partial charge on any atom is 0.416 e. The van der Waals surface area contributed by atoms with Gasteiger partial charge in [-0.2, -0.15) is 13.2 Å². The highest BCUT2D eigenvalue weighted by atomic mass is 19.4. The SMILES string of the molecule is CCc1ccc(NC(=O)c2cccnc2NCc2ccc(=O)[nH]c2)cc1C(F)(F)F. The first-order valence-electron chi connectivity index (χ1n) is 9.16. The molecule has 2 heterocycles. The molecule has 0 unspecified atom stereocenters. The second kappa shape index (κ2) is 8.81. The number of hydrogen-bond acceptors (Lipinski definition) is 4. The Kier molecular flexibility index (Phi) is 6.20. The number of anilines is 2. The average Bonchev–Trinajstić information content (AvgIpc) is 2.73. The van der Waals surface area contributed by atoms with Gasteiger partial charge in [0.2, 0.25) is 5.56 Å². The Morgan fingerprint density at radius 1 is 1.17 bits per heavy atom. The number of rotatable bonds is 6. The highest BCUT2D eigenvalue weighted by molar-refractivity contribution is 6.07. The van der Waals surface area contributed by atoms with Crippen molar-refractivity contribution < 1.29 is 18.0 Å². The molecule has 6 nitrogen and oxygen atoms in total. The van der Waals surface area contributed by atoms with Gasteiger partial charge in [-0.05, 0) is 41.8 Å². The van der Waals surface area contributed by atoms with Gasteiger partial charge >= 0.3 is 6.18 Å². The molecular formula is C21H19F3N4O2. The molecule has 1 aromatic carbocycles. The van der Waals surface area contributed by atoms with E-state index in [1.807, 2.05) is 0 Å². The quantitative estimate of drug-likeness (QED) is 0.562. The molecule has 0 saturated heterocycles. The predicted octanol–water partition coefficient (Wildman–Crippen LogP) is 4.22. The number of nitrogens with zero attached hydrogens (tertiary/aromatic N) is 1. The van der Waals surface area contributed by atoms with E-state index in [0.717, 1.165) is 11.6 Å². The summed E-state index contributed by atoms with van der Waals surface area (Å²) >= 11 is 0. The number of aromatic amines is 1. The van der Waals surface area contributed by atoms with Gasteiger partial charge in [0.05, 0.1) is 11.1 Å². The van der Waals surface area contributed by atoms with Crippen LogP contribution in [0.25, 0.3) is 0 Å². The van der Waals surface area contributed by atoms with Gasteiger partial charge in [0, 0.05) is 30.7 Å². The molecule has 0 atom stereocenters. The van der Waals surface area contributed by atoms with Crippen molar-refractivity contribution in [3.63, 3.8) is 0 Å². The topological polar surface area (TPSA) is 86.9 Å². The highest BCUT2D eigenvalue weighted by Gasteiger charge is 2.33. The van der Waals surface area contributed by atoms with Crippen molar-refractivity contribution in [2.75, 3.05) is 10.6 Å². The lowest BCUT2D eigenvalue weighted by molar-refractivity contribution is -0.138. The van der Waals surface area contributed by atoms with Crippen LogP contribution in [0, 0.1) is 0 Å². The molecule has 0 aliphatic carbocycles. The Balaban J connectivity index is 1.79. The minimum atomic E-state index is -4.51. The summed E-state index contributed by atoms with van der Waals surface area (Å²) in [5, 5.41) is 5.50. The summed E-state index contributed by atoms with van der Waals surface area (Å²) < 4.78 is 39.8. The summed E-state index contributed by atoms with van der Waals surface area (Å²) in [5.41, 5.74) is 0.131. The summed E-state index contributed by atoms with van der Waals surface area (Å²) in [4.78, 5) is 30.5. The van der Waals surface area contributed by atoms with Crippen LogP contribution in [0.1, 0.15) is 34.0 Å². The van der Waals surface area contributed by atoms with Gasteiger partial charge in [0.15, 0.2) is 0 Å². The van der Waals surface area contributed by atoms with Gasteiger partial charge in [-0.3, -0.25) is 9.59 Å². The van der Waals surface area contributed by atoms with Crippen molar-refractivity contribution in [1.29, 1.82) is 0 Å². The highest BCUT2D eigenvalue weighted by Crippen LogP contribution is 2.34. The van der Waals surface area contributed by atoms with Gasteiger partial charge in [-0.15, -0.1) is 0 Å². The average molecular weight is 416 g/mol. The lowest BCUT2D eigenvalue weighted by Crippen LogP contribution is -2.17. The molecule has 2 aromatic heterocycles. The first-order valence-corrected chi connectivity index (χ1v) is 9.16. The number of alkyl halides is 3. The fourth-order valence-electron chi connectivity index (χ4n) is 2.89. The lowest BCUT2D eigenvalue weighted by atomic mass is 10.0. The van der Waals surface area contributed by atoms with Gasteiger partial charge in [0.1, 0.15) is 5.82 Å². The molecule has 156 valence electrons. The fourth-order valence-corrected chi connectivity index (χ4v) is 2.89. The maximum atomic E-state index is 13.3. The molecule has 0 aliphatic heterocycles. The van der Waals surface area contributed by atoms with E-state index >= 15 is 0 Å². The molecule has 0 radical (unpaired) electrons. The Morgan fingerprint density at radius 3 is 2.63 bits per heavy atom. The van der Waals surface area contributed by atoms with Gasteiger partial charge < -0.3 is 15.6 Å². The van der Waals surface area contributed by atoms with E-state index in [0.29, 0.717) is 0 Å². The van der Waals surface area contributed by atoms with Crippen molar-refractivity contribution in [2.24, 2.45) is 0 Å². The first kappa shape index (κ1) is 21.1. The zero-order valence-electron chi connectivity index (χ0n) is 16.0. The minimum absolute atomic E-state index is 0.0416. The summed E-state index contributed by atoms with van der Waals surface area (Å²) in [6.07, 6.45) is -1.26. The Hall–Kier alpha value is -3.62. The molecule has 3 rings (SSSR count). The predicted molar refractivity (Wildman–Crippen MR) is 107 cm³/mol. The number of nitrogens with one attached hydrogen (secondary N) is 3. The molecule has 3 aromatic rings. The Morgan fingerprint density at radius 2 is 1.97 bits per heavy atom. The second-order valence-corrected chi connectivity index (χ2v) is 6.49. The van der Waals surface area contributed by atoms with Crippen molar-refractivity contribution in [3.05, 3.63) is 87.5 Å². The molecule has 3 N–H and O–H groups in total. The van der Waals surface area contributed by atoms with Crippen LogP contribution in [0.5, 0.6) is 0 Å². The number of pyridine rings is 2. The van der Waals surface area contributed by atoms with Crippen molar-refractivity contribution in [3.8, 4) is 0 Å². The van der Waals surface area contributed by atoms with Gasteiger partial charge in [-0.25, -0.2) is 4.98 Å².